The van der Waals surface area contributed by atoms with Crippen LogP contribution in [-0.4, -0.2) is 38.3 Å². The van der Waals surface area contributed by atoms with Crippen LogP contribution in [0.4, 0.5) is 11.5 Å². The number of pyridine rings is 1. The van der Waals surface area contributed by atoms with Crippen LogP contribution in [0.5, 0.6) is 17.2 Å². The van der Waals surface area contributed by atoms with Crippen LogP contribution in [0, 0.1) is 0 Å². The van der Waals surface area contributed by atoms with Crippen molar-refractivity contribution in [1.29, 1.82) is 0 Å². The molecule has 0 fully saturated rings. The lowest BCUT2D eigenvalue weighted by Crippen LogP contribution is -2.15. The van der Waals surface area contributed by atoms with Gasteiger partial charge in [0.15, 0.2) is 0 Å². The van der Waals surface area contributed by atoms with Gasteiger partial charge in [0.05, 0.1) is 20.8 Å². The molecule has 7 nitrogen and oxygen atoms in total. The average Bonchev–Trinajstić information content (AvgIpc) is 2.78. The molecule has 0 unspecified atom stereocenters. The number of hydrogen-bond donors (Lipinski definition) is 2. The number of aromatic nitrogens is 1. The Morgan fingerprint density at radius 1 is 0.897 bits per heavy atom. The zero-order valence-electron chi connectivity index (χ0n) is 16.3. The number of anilines is 2. The third-order valence-corrected chi connectivity index (χ3v) is 4.11. The van der Waals surface area contributed by atoms with Crippen LogP contribution < -0.4 is 24.8 Å². The summed E-state index contributed by atoms with van der Waals surface area (Å²) < 4.78 is 15.9. The second-order valence-corrected chi connectivity index (χ2v) is 6.06. The van der Waals surface area contributed by atoms with Crippen molar-refractivity contribution in [3.63, 3.8) is 0 Å². The van der Waals surface area contributed by atoms with Gasteiger partial charge in [0, 0.05) is 17.4 Å². The van der Waals surface area contributed by atoms with E-state index in [1.165, 1.54) is 0 Å². The molecule has 3 rings (SSSR count). The van der Waals surface area contributed by atoms with Gasteiger partial charge in [0.2, 0.25) is 0 Å². The van der Waals surface area contributed by atoms with Crippen molar-refractivity contribution in [3.8, 4) is 17.2 Å². The van der Waals surface area contributed by atoms with E-state index in [2.05, 4.69) is 15.6 Å². The van der Waals surface area contributed by atoms with Crippen molar-refractivity contribution in [2.45, 2.75) is 0 Å². The number of methoxy groups -OCH3 is 2. The number of carbonyl (C=O) groups excluding carboxylic acids is 1. The minimum absolute atomic E-state index is 0.213. The summed E-state index contributed by atoms with van der Waals surface area (Å²) in [5.41, 5.74) is 1.20. The molecule has 0 bridgehead atoms. The Morgan fingerprint density at radius 3 is 2.17 bits per heavy atom. The van der Waals surface area contributed by atoms with E-state index < -0.39 is 0 Å². The van der Waals surface area contributed by atoms with E-state index >= 15 is 0 Å². The molecule has 0 atom stereocenters. The Morgan fingerprint density at radius 2 is 1.52 bits per heavy atom. The first-order valence-corrected chi connectivity index (χ1v) is 9.10. The molecule has 0 aliphatic carbocycles. The number of nitrogens with zero attached hydrogens (tertiary/aromatic N) is 1. The zero-order chi connectivity index (χ0) is 20.5. The first kappa shape index (κ1) is 20.0. The molecule has 0 aliphatic heterocycles. The Hall–Kier alpha value is -3.74. The monoisotopic (exact) mass is 393 g/mol. The van der Waals surface area contributed by atoms with E-state index in [-0.39, 0.29) is 5.91 Å². The van der Waals surface area contributed by atoms with Crippen LogP contribution in [0.3, 0.4) is 0 Å². The number of hydrogen-bond acceptors (Lipinski definition) is 6. The van der Waals surface area contributed by atoms with Crippen molar-refractivity contribution >= 4 is 17.4 Å². The summed E-state index contributed by atoms with van der Waals surface area (Å²) in [7, 11) is 3.22. The number of carbonyl (C=O) groups is 1. The fraction of sp³-hybridized carbons (Fsp3) is 0.182. The third kappa shape index (κ3) is 5.87. The van der Waals surface area contributed by atoms with Gasteiger partial charge in [0.25, 0.3) is 5.91 Å². The molecule has 2 aromatic carbocycles. The summed E-state index contributed by atoms with van der Waals surface area (Å²) in [5, 5.41) is 6.00. The van der Waals surface area contributed by atoms with Gasteiger partial charge < -0.3 is 24.8 Å². The molecule has 0 radical (unpaired) electrons. The molecule has 0 saturated heterocycles. The van der Waals surface area contributed by atoms with E-state index in [9.17, 15) is 4.79 Å². The van der Waals surface area contributed by atoms with Gasteiger partial charge >= 0.3 is 0 Å². The van der Waals surface area contributed by atoms with E-state index in [4.69, 9.17) is 14.2 Å². The Kier molecular flexibility index (Phi) is 6.89. The first-order chi connectivity index (χ1) is 14.2. The summed E-state index contributed by atoms with van der Waals surface area (Å²) in [5.74, 6) is 2.66. The second kappa shape index (κ2) is 9.98. The molecule has 2 N–H and O–H groups in total. The van der Waals surface area contributed by atoms with Crippen molar-refractivity contribution in [3.05, 3.63) is 72.4 Å². The van der Waals surface area contributed by atoms with Crippen LogP contribution in [0.15, 0.2) is 66.9 Å². The van der Waals surface area contributed by atoms with Crippen molar-refractivity contribution in [2.24, 2.45) is 0 Å². The van der Waals surface area contributed by atoms with E-state index in [1.807, 2.05) is 24.3 Å². The lowest BCUT2D eigenvalue weighted by Gasteiger charge is -2.10. The van der Waals surface area contributed by atoms with Crippen molar-refractivity contribution in [2.75, 3.05) is 38.0 Å². The summed E-state index contributed by atoms with van der Waals surface area (Å²) in [6.07, 6.45) is 1.59. The quantitative estimate of drug-likeness (QED) is 0.538. The number of nitrogens with one attached hydrogen (secondary N) is 2. The fourth-order valence-electron chi connectivity index (χ4n) is 2.57. The lowest BCUT2D eigenvalue weighted by atomic mass is 10.2. The fourth-order valence-corrected chi connectivity index (χ4v) is 2.57. The Labute approximate surface area is 169 Å². The van der Waals surface area contributed by atoms with Gasteiger partial charge in [0.1, 0.15) is 29.7 Å². The number of rotatable bonds is 9. The molecule has 29 heavy (non-hydrogen) atoms. The molecule has 1 aromatic heterocycles. The van der Waals surface area contributed by atoms with Gasteiger partial charge in [-0.3, -0.25) is 4.79 Å². The van der Waals surface area contributed by atoms with Gasteiger partial charge in [-0.05, 0) is 60.7 Å². The SMILES string of the molecule is COc1ccc(NC(=O)c2ccnc(NCCOc3ccc(OC)cc3)c2)cc1. The van der Waals surface area contributed by atoms with Crippen LogP contribution in [0.2, 0.25) is 0 Å². The van der Waals surface area contributed by atoms with E-state index in [0.717, 1.165) is 17.2 Å². The largest absolute Gasteiger partial charge is 0.497 e. The predicted molar refractivity (Wildman–Crippen MR) is 112 cm³/mol. The van der Waals surface area contributed by atoms with Gasteiger partial charge in [-0.2, -0.15) is 0 Å². The van der Waals surface area contributed by atoms with Crippen LogP contribution in [0.1, 0.15) is 10.4 Å². The van der Waals surface area contributed by atoms with E-state index in [0.29, 0.717) is 30.2 Å². The smallest absolute Gasteiger partial charge is 0.255 e. The average molecular weight is 393 g/mol. The molecular formula is C22H23N3O4. The molecule has 0 aliphatic rings. The molecule has 0 spiro atoms. The Bertz CT molecular complexity index is 928. The highest BCUT2D eigenvalue weighted by Crippen LogP contribution is 2.18. The number of ether oxygens (including phenoxy) is 3. The first-order valence-electron chi connectivity index (χ1n) is 9.10. The van der Waals surface area contributed by atoms with Crippen LogP contribution >= 0.6 is 0 Å². The maximum Gasteiger partial charge on any atom is 0.255 e. The molecule has 1 heterocycles. The normalized spacial score (nSPS) is 10.1. The lowest BCUT2D eigenvalue weighted by molar-refractivity contribution is 0.102. The summed E-state index contributed by atoms with van der Waals surface area (Å²) in [6, 6.07) is 17.9. The summed E-state index contributed by atoms with van der Waals surface area (Å²) >= 11 is 0. The minimum Gasteiger partial charge on any atom is -0.497 e. The standard InChI is InChI=1S/C22H23N3O4/c1-27-18-5-3-17(4-6-18)25-22(26)16-11-12-23-21(15-16)24-13-14-29-20-9-7-19(28-2)8-10-20/h3-12,15H,13-14H2,1-2H3,(H,23,24)(H,25,26). The highest BCUT2D eigenvalue weighted by Gasteiger charge is 2.08. The molecule has 150 valence electrons. The summed E-state index contributed by atoms with van der Waals surface area (Å²) in [4.78, 5) is 16.7. The van der Waals surface area contributed by atoms with Crippen molar-refractivity contribution in [1.82, 2.24) is 4.98 Å². The molecular weight excluding hydrogens is 370 g/mol. The highest BCUT2D eigenvalue weighted by molar-refractivity contribution is 6.04. The Balaban J connectivity index is 1.49. The highest BCUT2D eigenvalue weighted by atomic mass is 16.5. The topological polar surface area (TPSA) is 81.7 Å². The van der Waals surface area contributed by atoms with Gasteiger partial charge in [-0.25, -0.2) is 4.98 Å². The minimum atomic E-state index is -0.213. The van der Waals surface area contributed by atoms with Gasteiger partial charge in [-0.1, -0.05) is 0 Å². The zero-order valence-corrected chi connectivity index (χ0v) is 16.3. The number of amides is 1. The number of benzene rings is 2. The van der Waals surface area contributed by atoms with Crippen molar-refractivity contribution < 1.29 is 19.0 Å². The van der Waals surface area contributed by atoms with Crippen LogP contribution in [0.25, 0.3) is 0 Å². The van der Waals surface area contributed by atoms with Gasteiger partial charge in [-0.15, -0.1) is 0 Å². The molecule has 0 saturated carbocycles. The maximum absolute atomic E-state index is 12.5. The van der Waals surface area contributed by atoms with E-state index in [1.54, 1.807) is 56.8 Å². The van der Waals surface area contributed by atoms with Crippen LogP contribution in [-0.2, 0) is 0 Å². The molecule has 7 heteroatoms. The molecule has 1 amide bonds. The predicted octanol–water partition coefficient (Wildman–Crippen LogP) is 3.84. The third-order valence-electron chi connectivity index (χ3n) is 4.11. The second-order valence-electron chi connectivity index (χ2n) is 6.06. The maximum atomic E-state index is 12.5. The summed E-state index contributed by atoms with van der Waals surface area (Å²) in [6.45, 7) is 0.999. The molecule has 3 aromatic rings.